The van der Waals surface area contributed by atoms with Crippen molar-refractivity contribution in [2.75, 3.05) is 13.2 Å². The Bertz CT molecular complexity index is 458. The topological polar surface area (TPSA) is 64.3 Å². The van der Waals surface area contributed by atoms with Crippen LogP contribution in [0.1, 0.15) is 32.3 Å². The number of nitrogens with one attached hydrogen (secondary N) is 1. The zero-order valence-electron chi connectivity index (χ0n) is 12.4. The molecular formula is C15H22F2N2O2. The van der Waals surface area contributed by atoms with Crippen molar-refractivity contribution in [1.29, 1.82) is 0 Å². The molecule has 1 rings (SSSR count). The van der Waals surface area contributed by atoms with Gasteiger partial charge in [0.1, 0.15) is 0 Å². The summed E-state index contributed by atoms with van der Waals surface area (Å²) in [6.07, 6.45) is 1.19. The van der Waals surface area contributed by atoms with Gasteiger partial charge in [-0.1, -0.05) is 6.92 Å². The fraction of sp³-hybridized carbons (Fsp3) is 0.533. The number of benzene rings is 1. The standard InChI is InChI=1S/C15H22F2N2O2/c1-3-11(18)7-10-8-12(16)15(13(17)9-10)21-6-5-14(20)19-4-2/h8-9,11H,3-7,18H2,1-2H3,(H,19,20). The summed E-state index contributed by atoms with van der Waals surface area (Å²) < 4.78 is 32.7. The molecule has 1 amide bonds. The van der Waals surface area contributed by atoms with Crippen molar-refractivity contribution in [3.8, 4) is 5.75 Å². The molecule has 1 atom stereocenters. The summed E-state index contributed by atoms with van der Waals surface area (Å²) in [5.74, 6) is -2.22. The van der Waals surface area contributed by atoms with Gasteiger partial charge in [-0.3, -0.25) is 4.79 Å². The minimum atomic E-state index is -0.774. The third-order valence-electron chi connectivity index (χ3n) is 3.03. The monoisotopic (exact) mass is 300 g/mol. The lowest BCUT2D eigenvalue weighted by Crippen LogP contribution is -2.24. The van der Waals surface area contributed by atoms with Crippen LogP contribution in [0.4, 0.5) is 8.78 Å². The summed E-state index contributed by atoms with van der Waals surface area (Å²) in [6.45, 7) is 4.13. The first-order valence-electron chi connectivity index (χ1n) is 7.10. The van der Waals surface area contributed by atoms with E-state index < -0.39 is 17.4 Å². The van der Waals surface area contributed by atoms with Crippen molar-refractivity contribution in [2.45, 2.75) is 39.2 Å². The Morgan fingerprint density at radius 3 is 2.48 bits per heavy atom. The Hall–Kier alpha value is -1.69. The molecule has 21 heavy (non-hydrogen) atoms. The minimum Gasteiger partial charge on any atom is -0.487 e. The Morgan fingerprint density at radius 1 is 1.33 bits per heavy atom. The second kappa shape index (κ2) is 8.56. The molecule has 0 heterocycles. The van der Waals surface area contributed by atoms with E-state index in [1.54, 1.807) is 6.92 Å². The first-order valence-corrected chi connectivity index (χ1v) is 7.10. The van der Waals surface area contributed by atoms with Crippen LogP contribution in [0, 0.1) is 11.6 Å². The summed E-state index contributed by atoms with van der Waals surface area (Å²) in [7, 11) is 0. The highest BCUT2D eigenvalue weighted by Gasteiger charge is 2.14. The first kappa shape index (κ1) is 17.4. The van der Waals surface area contributed by atoms with Gasteiger partial charge in [0.2, 0.25) is 5.91 Å². The number of carbonyl (C=O) groups excluding carboxylic acids is 1. The molecule has 0 radical (unpaired) electrons. The number of hydrogen-bond acceptors (Lipinski definition) is 3. The Kier molecular flexibility index (Phi) is 7.08. The molecule has 0 bridgehead atoms. The van der Waals surface area contributed by atoms with Gasteiger partial charge in [0.05, 0.1) is 13.0 Å². The largest absolute Gasteiger partial charge is 0.487 e. The smallest absolute Gasteiger partial charge is 0.223 e. The summed E-state index contributed by atoms with van der Waals surface area (Å²) >= 11 is 0. The summed E-state index contributed by atoms with van der Waals surface area (Å²) in [5, 5.41) is 2.58. The highest BCUT2D eigenvalue weighted by molar-refractivity contribution is 5.75. The maximum atomic E-state index is 13.8. The van der Waals surface area contributed by atoms with Gasteiger partial charge >= 0.3 is 0 Å². The molecule has 0 fully saturated rings. The maximum absolute atomic E-state index is 13.8. The highest BCUT2D eigenvalue weighted by Crippen LogP contribution is 2.24. The fourth-order valence-electron chi connectivity index (χ4n) is 1.85. The van der Waals surface area contributed by atoms with Crippen LogP contribution in [0.5, 0.6) is 5.75 Å². The molecule has 0 aliphatic heterocycles. The van der Waals surface area contributed by atoms with E-state index in [2.05, 4.69) is 5.32 Å². The van der Waals surface area contributed by atoms with E-state index in [1.807, 2.05) is 6.92 Å². The van der Waals surface area contributed by atoms with E-state index in [4.69, 9.17) is 10.5 Å². The highest BCUT2D eigenvalue weighted by atomic mass is 19.1. The van der Waals surface area contributed by atoms with Gasteiger partial charge in [-0.05, 0) is 37.5 Å². The van der Waals surface area contributed by atoms with Crippen LogP contribution >= 0.6 is 0 Å². The lowest BCUT2D eigenvalue weighted by molar-refractivity contribution is -0.121. The van der Waals surface area contributed by atoms with Crippen LogP contribution in [0.3, 0.4) is 0 Å². The molecule has 0 aromatic heterocycles. The SMILES string of the molecule is CCNC(=O)CCOc1c(F)cc(CC(N)CC)cc1F. The second-order valence-corrected chi connectivity index (χ2v) is 4.81. The Labute approximate surface area is 123 Å². The zero-order chi connectivity index (χ0) is 15.8. The van der Waals surface area contributed by atoms with E-state index in [0.717, 1.165) is 6.42 Å². The summed E-state index contributed by atoms with van der Waals surface area (Å²) in [4.78, 5) is 11.2. The predicted molar refractivity (Wildman–Crippen MR) is 77.1 cm³/mol. The first-order chi connectivity index (χ1) is 9.97. The molecule has 0 spiro atoms. The quantitative estimate of drug-likeness (QED) is 0.773. The minimum absolute atomic E-state index is 0.0508. The Morgan fingerprint density at radius 2 is 1.95 bits per heavy atom. The summed E-state index contributed by atoms with van der Waals surface area (Å²) in [6, 6.07) is 2.31. The molecule has 118 valence electrons. The van der Waals surface area contributed by atoms with Gasteiger partial charge in [0.25, 0.3) is 0 Å². The third-order valence-corrected chi connectivity index (χ3v) is 3.03. The normalized spacial score (nSPS) is 12.0. The number of amides is 1. The molecule has 0 saturated heterocycles. The summed E-state index contributed by atoms with van der Waals surface area (Å²) in [5.41, 5.74) is 6.26. The lowest BCUT2D eigenvalue weighted by atomic mass is 10.0. The number of halogens is 2. The van der Waals surface area contributed by atoms with Crippen LogP contribution in [-0.4, -0.2) is 25.1 Å². The predicted octanol–water partition coefficient (Wildman–Crippen LogP) is 2.15. The van der Waals surface area contributed by atoms with Crippen molar-refractivity contribution in [3.05, 3.63) is 29.3 Å². The van der Waals surface area contributed by atoms with Crippen LogP contribution in [0.25, 0.3) is 0 Å². The number of rotatable bonds is 8. The molecular weight excluding hydrogens is 278 g/mol. The van der Waals surface area contributed by atoms with Gasteiger partial charge in [-0.25, -0.2) is 8.78 Å². The van der Waals surface area contributed by atoms with Crippen molar-refractivity contribution >= 4 is 5.91 Å². The van der Waals surface area contributed by atoms with Gasteiger partial charge < -0.3 is 15.8 Å². The third kappa shape index (κ3) is 5.67. The van der Waals surface area contributed by atoms with Gasteiger partial charge in [-0.2, -0.15) is 0 Å². The molecule has 6 heteroatoms. The zero-order valence-corrected chi connectivity index (χ0v) is 12.4. The number of carbonyl (C=O) groups is 1. The van der Waals surface area contributed by atoms with E-state index in [-0.39, 0.29) is 25.0 Å². The van der Waals surface area contributed by atoms with Crippen molar-refractivity contribution in [2.24, 2.45) is 5.73 Å². The Balaban J connectivity index is 2.65. The maximum Gasteiger partial charge on any atom is 0.223 e. The molecule has 3 N–H and O–H groups in total. The molecule has 0 aliphatic carbocycles. The van der Waals surface area contributed by atoms with E-state index in [9.17, 15) is 13.6 Å². The molecule has 0 aliphatic rings. The second-order valence-electron chi connectivity index (χ2n) is 4.81. The molecule has 0 saturated carbocycles. The lowest BCUT2D eigenvalue weighted by Gasteiger charge is -2.12. The number of ether oxygens (including phenoxy) is 1. The van der Waals surface area contributed by atoms with Gasteiger partial charge in [0.15, 0.2) is 17.4 Å². The molecule has 1 aromatic carbocycles. The average molecular weight is 300 g/mol. The van der Waals surface area contributed by atoms with Crippen LogP contribution < -0.4 is 15.8 Å². The molecule has 1 aromatic rings. The van der Waals surface area contributed by atoms with Crippen molar-refractivity contribution < 1.29 is 18.3 Å². The average Bonchev–Trinajstić information content (AvgIpc) is 2.42. The number of hydrogen-bond donors (Lipinski definition) is 2. The van der Waals surface area contributed by atoms with Gasteiger partial charge in [-0.15, -0.1) is 0 Å². The van der Waals surface area contributed by atoms with Crippen LogP contribution in [0.15, 0.2) is 12.1 Å². The molecule has 1 unspecified atom stereocenters. The van der Waals surface area contributed by atoms with Crippen molar-refractivity contribution in [3.63, 3.8) is 0 Å². The van der Waals surface area contributed by atoms with Crippen LogP contribution in [0.2, 0.25) is 0 Å². The van der Waals surface area contributed by atoms with Crippen molar-refractivity contribution in [1.82, 2.24) is 5.32 Å². The number of nitrogens with two attached hydrogens (primary N) is 1. The van der Waals surface area contributed by atoms with E-state index in [1.165, 1.54) is 12.1 Å². The fourth-order valence-corrected chi connectivity index (χ4v) is 1.85. The van der Waals surface area contributed by atoms with E-state index in [0.29, 0.717) is 18.5 Å². The molecule has 4 nitrogen and oxygen atoms in total. The van der Waals surface area contributed by atoms with Gasteiger partial charge in [0, 0.05) is 12.6 Å². The van der Waals surface area contributed by atoms with E-state index >= 15 is 0 Å². The van der Waals surface area contributed by atoms with Crippen LogP contribution in [-0.2, 0) is 11.2 Å².